The van der Waals surface area contributed by atoms with Gasteiger partial charge in [-0.15, -0.1) is 23.1 Å². The first-order valence-corrected chi connectivity index (χ1v) is 10.8. The molecule has 3 heterocycles. The van der Waals surface area contributed by atoms with Gasteiger partial charge in [0.15, 0.2) is 0 Å². The Morgan fingerprint density at radius 1 is 1.41 bits per heavy atom. The van der Waals surface area contributed by atoms with Crippen molar-refractivity contribution in [3.05, 3.63) is 46.5 Å². The molecule has 2 amide bonds. The molecule has 0 bridgehead atoms. The standard InChI is InChI=1S/C19H19N3O5S2/c1-27-7-11-8-29-18-14(17(24)22(18)15(11)19(25)26)21-16(23)13(20)10-2-3-12-9(6-10)4-5-28-12/h2-6,13-14,18H,7-8,20H2,1H3,(H,21,23)(H,25,26)/t13?,14-,18-/m1/s1. The van der Waals surface area contributed by atoms with Gasteiger partial charge in [-0.25, -0.2) is 4.79 Å². The first kappa shape index (κ1) is 19.9. The summed E-state index contributed by atoms with van der Waals surface area (Å²) in [5, 5.41) is 14.7. The molecule has 2 aliphatic heterocycles. The fourth-order valence-electron chi connectivity index (χ4n) is 3.54. The van der Waals surface area contributed by atoms with Gasteiger partial charge in [-0.2, -0.15) is 0 Å². The number of nitrogens with one attached hydrogen (secondary N) is 1. The molecular weight excluding hydrogens is 414 g/mol. The van der Waals surface area contributed by atoms with E-state index in [1.165, 1.54) is 23.8 Å². The van der Waals surface area contributed by atoms with Crippen molar-refractivity contribution in [2.45, 2.75) is 17.5 Å². The number of rotatable bonds is 6. The molecule has 8 nitrogen and oxygen atoms in total. The van der Waals surface area contributed by atoms with Crippen LogP contribution in [0.2, 0.25) is 0 Å². The zero-order chi connectivity index (χ0) is 20.7. The second-order valence-electron chi connectivity index (χ2n) is 6.78. The van der Waals surface area contributed by atoms with Crippen molar-refractivity contribution in [2.24, 2.45) is 5.73 Å². The van der Waals surface area contributed by atoms with Crippen molar-refractivity contribution in [3.63, 3.8) is 0 Å². The van der Waals surface area contributed by atoms with Crippen molar-refractivity contribution in [3.8, 4) is 0 Å². The smallest absolute Gasteiger partial charge is 0.352 e. The van der Waals surface area contributed by atoms with Crippen LogP contribution in [0.5, 0.6) is 0 Å². The Kier molecular flexibility index (Phi) is 5.34. The van der Waals surface area contributed by atoms with E-state index < -0.39 is 35.2 Å². The Morgan fingerprint density at radius 3 is 2.93 bits per heavy atom. The van der Waals surface area contributed by atoms with Crippen LogP contribution < -0.4 is 11.1 Å². The van der Waals surface area contributed by atoms with E-state index in [0.717, 1.165) is 10.1 Å². The highest BCUT2D eigenvalue weighted by Gasteiger charge is 2.54. The molecule has 1 fully saturated rings. The number of ether oxygens (including phenoxy) is 1. The molecule has 4 N–H and O–H groups in total. The number of amides is 2. The van der Waals surface area contributed by atoms with Gasteiger partial charge in [-0.05, 0) is 40.1 Å². The molecule has 0 aliphatic carbocycles. The van der Waals surface area contributed by atoms with Crippen molar-refractivity contribution < 1.29 is 24.2 Å². The maximum Gasteiger partial charge on any atom is 0.352 e. The Hall–Kier alpha value is -2.40. The average molecular weight is 434 g/mol. The SMILES string of the molecule is COCC1=C(C(=O)O)N2C(=O)[C@@H](NC(=O)C(N)c3ccc4sccc4c3)[C@H]2SC1. The lowest BCUT2D eigenvalue weighted by atomic mass is 10.0. The lowest BCUT2D eigenvalue weighted by molar-refractivity contribution is -0.151. The van der Waals surface area contributed by atoms with Crippen LogP contribution in [0.3, 0.4) is 0 Å². The van der Waals surface area contributed by atoms with Crippen molar-refractivity contribution >= 4 is 51.0 Å². The molecule has 29 heavy (non-hydrogen) atoms. The quantitative estimate of drug-likeness (QED) is 0.587. The molecule has 1 aromatic heterocycles. The van der Waals surface area contributed by atoms with Gasteiger partial charge in [-0.3, -0.25) is 14.5 Å². The van der Waals surface area contributed by atoms with Gasteiger partial charge in [0.25, 0.3) is 5.91 Å². The van der Waals surface area contributed by atoms with Crippen molar-refractivity contribution in [2.75, 3.05) is 19.5 Å². The van der Waals surface area contributed by atoms with Crippen molar-refractivity contribution in [1.82, 2.24) is 10.2 Å². The number of hydrogen-bond donors (Lipinski definition) is 3. The topological polar surface area (TPSA) is 122 Å². The summed E-state index contributed by atoms with van der Waals surface area (Å²) in [7, 11) is 1.47. The highest BCUT2D eigenvalue weighted by molar-refractivity contribution is 8.00. The number of fused-ring (bicyclic) bond motifs is 2. The van der Waals surface area contributed by atoms with Gasteiger partial charge in [0.2, 0.25) is 5.91 Å². The number of aliphatic carboxylic acids is 1. The van der Waals surface area contributed by atoms with E-state index in [2.05, 4.69) is 5.32 Å². The maximum atomic E-state index is 12.7. The minimum absolute atomic E-state index is 0.0571. The second kappa shape index (κ2) is 7.79. The molecule has 1 saturated heterocycles. The Balaban J connectivity index is 1.49. The summed E-state index contributed by atoms with van der Waals surface area (Å²) in [6.07, 6.45) is 0. The maximum absolute atomic E-state index is 12.7. The summed E-state index contributed by atoms with van der Waals surface area (Å²) in [5.41, 5.74) is 7.25. The highest BCUT2D eigenvalue weighted by Crippen LogP contribution is 2.40. The third-order valence-corrected chi connectivity index (χ3v) is 7.22. The molecule has 1 aromatic carbocycles. The summed E-state index contributed by atoms with van der Waals surface area (Å²) < 4.78 is 6.14. The second-order valence-corrected chi connectivity index (χ2v) is 8.83. The minimum atomic E-state index is -1.18. The van der Waals surface area contributed by atoms with Crippen LogP contribution in [0.1, 0.15) is 11.6 Å². The van der Waals surface area contributed by atoms with Gasteiger partial charge in [0.1, 0.15) is 23.2 Å². The van der Waals surface area contributed by atoms with Gasteiger partial charge in [0, 0.05) is 17.6 Å². The molecule has 152 valence electrons. The third-order valence-electron chi connectivity index (χ3n) is 4.98. The molecule has 0 spiro atoms. The summed E-state index contributed by atoms with van der Waals surface area (Å²) in [6, 6.07) is 5.81. The Labute approximate surface area is 174 Å². The molecule has 10 heteroatoms. The van der Waals surface area contributed by atoms with Gasteiger partial charge >= 0.3 is 5.97 Å². The van der Waals surface area contributed by atoms with Crippen LogP contribution in [0, 0.1) is 0 Å². The summed E-state index contributed by atoms with van der Waals surface area (Å²) >= 11 is 3.00. The number of carbonyl (C=O) groups excluding carboxylic acids is 2. The zero-order valence-electron chi connectivity index (χ0n) is 15.5. The van der Waals surface area contributed by atoms with Gasteiger partial charge in [0.05, 0.1) is 6.61 Å². The van der Waals surface area contributed by atoms with Crippen molar-refractivity contribution in [1.29, 1.82) is 0 Å². The summed E-state index contributed by atoms with van der Waals surface area (Å²) in [5.74, 6) is -1.69. The number of benzene rings is 1. The highest BCUT2D eigenvalue weighted by atomic mass is 32.2. The molecule has 2 aromatic rings. The lowest BCUT2D eigenvalue weighted by Gasteiger charge is -2.49. The molecule has 4 rings (SSSR count). The summed E-state index contributed by atoms with van der Waals surface area (Å²) in [6.45, 7) is 0.137. The van der Waals surface area contributed by atoms with E-state index >= 15 is 0 Å². The van der Waals surface area contributed by atoms with Crippen LogP contribution in [-0.2, 0) is 19.1 Å². The van der Waals surface area contributed by atoms with Gasteiger partial charge < -0.3 is 20.9 Å². The predicted molar refractivity (Wildman–Crippen MR) is 110 cm³/mol. The third kappa shape index (κ3) is 3.42. The molecule has 0 radical (unpaired) electrons. The number of nitrogens with zero attached hydrogens (tertiary/aromatic N) is 1. The number of methoxy groups -OCH3 is 1. The number of β-lactam (4-membered cyclic amide) rings is 1. The summed E-state index contributed by atoms with van der Waals surface area (Å²) in [4.78, 5) is 38.2. The van der Waals surface area contributed by atoms with E-state index in [0.29, 0.717) is 16.9 Å². The van der Waals surface area contributed by atoms with Crippen LogP contribution in [0.15, 0.2) is 40.9 Å². The van der Waals surface area contributed by atoms with E-state index in [1.54, 1.807) is 17.4 Å². The van der Waals surface area contributed by atoms with Crippen LogP contribution in [0.25, 0.3) is 10.1 Å². The number of carbonyl (C=O) groups is 3. The molecule has 3 atom stereocenters. The number of thioether (sulfide) groups is 1. The molecule has 1 unspecified atom stereocenters. The monoisotopic (exact) mass is 433 g/mol. The largest absolute Gasteiger partial charge is 0.477 e. The number of carboxylic acid groups (broad SMARTS) is 1. The van der Waals surface area contributed by atoms with Crippen LogP contribution in [0.4, 0.5) is 0 Å². The first-order valence-electron chi connectivity index (χ1n) is 8.84. The number of hydrogen-bond acceptors (Lipinski definition) is 7. The van der Waals surface area contributed by atoms with E-state index in [1.807, 2.05) is 23.6 Å². The average Bonchev–Trinajstić information content (AvgIpc) is 3.18. The molecular formula is C19H19N3O5S2. The van der Waals surface area contributed by atoms with E-state index in [9.17, 15) is 19.5 Å². The number of carboxylic acids is 1. The normalized spacial score (nSPS) is 22.3. The van der Waals surface area contributed by atoms with Crippen LogP contribution in [-0.4, -0.2) is 58.7 Å². The first-order chi connectivity index (χ1) is 13.9. The lowest BCUT2D eigenvalue weighted by Crippen LogP contribution is -2.71. The van der Waals surface area contributed by atoms with E-state index in [4.69, 9.17) is 10.5 Å². The van der Waals surface area contributed by atoms with E-state index in [-0.39, 0.29) is 12.3 Å². The predicted octanol–water partition coefficient (Wildman–Crippen LogP) is 1.29. The number of nitrogens with two attached hydrogens (primary N) is 1. The minimum Gasteiger partial charge on any atom is -0.477 e. The Bertz CT molecular complexity index is 1030. The zero-order valence-corrected chi connectivity index (χ0v) is 17.1. The Morgan fingerprint density at radius 2 is 2.21 bits per heavy atom. The molecule has 0 saturated carbocycles. The van der Waals surface area contributed by atoms with Crippen LogP contribution >= 0.6 is 23.1 Å². The fraction of sp³-hybridized carbons (Fsp3) is 0.316. The fourth-order valence-corrected chi connectivity index (χ4v) is 5.64. The van der Waals surface area contributed by atoms with Gasteiger partial charge in [-0.1, -0.05) is 6.07 Å². The molecule has 2 aliphatic rings. The number of thiophene rings is 1.